The predicted octanol–water partition coefficient (Wildman–Crippen LogP) is -1.44. The van der Waals surface area contributed by atoms with Crippen molar-refractivity contribution >= 4 is 6.09 Å². The van der Waals surface area contributed by atoms with Gasteiger partial charge in [0.05, 0.1) is 6.10 Å². The van der Waals surface area contributed by atoms with Gasteiger partial charge in [0, 0.05) is 7.11 Å². The number of carbonyl (C=O) groups excluding carboxylic acids is 1. The van der Waals surface area contributed by atoms with Gasteiger partial charge in [-0.1, -0.05) is 0 Å². The molecule has 0 aromatic carbocycles. The molecule has 0 spiro atoms. The number of hydrogen-bond donors (Lipinski definition) is 3. The molecule has 1 fully saturated rings. The van der Waals surface area contributed by atoms with E-state index < -0.39 is 36.8 Å². The Bertz CT molecular complexity index is 235. The summed E-state index contributed by atoms with van der Waals surface area (Å²) in [7, 11) is 1.38. The van der Waals surface area contributed by atoms with Crippen LogP contribution in [0.2, 0.25) is 0 Å². The van der Waals surface area contributed by atoms with Gasteiger partial charge in [-0.25, -0.2) is 4.79 Å². The summed E-state index contributed by atoms with van der Waals surface area (Å²) in [5.41, 5.74) is 4.79. The molecule has 4 N–H and O–H groups in total. The molecule has 4 unspecified atom stereocenters. The van der Waals surface area contributed by atoms with E-state index in [1.165, 1.54) is 7.11 Å². The quantitative estimate of drug-likeness (QED) is 0.526. The molecule has 1 rings (SSSR count). The van der Waals surface area contributed by atoms with Crippen LogP contribution in [0.1, 0.15) is 6.92 Å². The number of primary amides is 1. The highest BCUT2D eigenvalue weighted by molar-refractivity contribution is 5.64. The molecule has 1 saturated heterocycles. The van der Waals surface area contributed by atoms with E-state index in [2.05, 4.69) is 4.74 Å². The van der Waals surface area contributed by atoms with E-state index in [-0.39, 0.29) is 0 Å². The molecule has 5 atom stereocenters. The maximum Gasteiger partial charge on any atom is 0.405 e. The van der Waals surface area contributed by atoms with Gasteiger partial charge in [-0.05, 0) is 6.92 Å². The van der Waals surface area contributed by atoms with E-state index in [0.29, 0.717) is 0 Å². The number of ether oxygens (including phenoxy) is 3. The molecule has 15 heavy (non-hydrogen) atoms. The van der Waals surface area contributed by atoms with E-state index in [1.54, 1.807) is 6.92 Å². The molecule has 1 heterocycles. The Morgan fingerprint density at radius 3 is 2.47 bits per heavy atom. The standard InChI is InChI=1S/C8H15NO6/c1-3-5(13-2)4(10)6(7(11)14-3)15-8(9)12/h3-7,10-11H,1-2H3,(H2,9,12)/t3?,4?,5-,6?,7?/m0/s1. The molecular weight excluding hydrogens is 206 g/mol. The summed E-state index contributed by atoms with van der Waals surface area (Å²) in [5, 5.41) is 19.1. The topological polar surface area (TPSA) is 111 Å². The van der Waals surface area contributed by atoms with E-state index in [9.17, 15) is 15.0 Å². The first-order valence-corrected chi connectivity index (χ1v) is 4.48. The van der Waals surface area contributed by atoms with Gasteiger partial charge < -0.3 is 30.2 Å². The number of aliphatic hydroxyl groups excluding tert-OH is 2. The predicted molar refractivity (Wildman–Crippen MR) is 47.8 cm³/mol. The largest absolute Gasteiger partial charge is 0.438 e. The van der Waals surface area contributed by atoms with Crippen molar-refractivity contribution < 1.29 is 29.2 Å². The van der Waals surface area contributed by atoms with Gasteiger partial charge >= 0.3 is 6.09 Å². The summed E-state index contributed by atoms with van der Waals surface area (Å²) in [6, 6.07) is 0. The van der Waals surface area contributed by atoms with E-state index >= 15 is 0 Å². The fraction of sp³-hybridized carbons (Fsp3) is 0.875. The summed E-state index contributed by atoms with van der Waals surface area (Å²) >= 11 is 0. The number of carbonyl (C=O) groups is 1. The zero-order valence-corrected chi connectivity index (χ0v) is 8.49. The van der Waals surface area contributed by atoms with Crippen LogP contribution in [0.4, 0.5) is 4.79 Å². The molecule has 1 aliphatic rings. The fourth-order valence-corrected chi connectivity index (χ4v) is 1.60. The second-order valence-electron chi connectivity index (χ2n) is 3.32. The second-order valence-corrected chi connectivity index (χ2v) is 3.32. The lowest BCUT2D eigenvalue weighted by Gasteiger charge is -2.39. The molecule has 0 aromatic heterocycles. The van der Waals surface area contributed by atoms with Gasteiger partial charge in [-0.15, -0.1) is 0 Å². The van der Waals surface area contributed by atoms with Crippen molar-refractivity contribution in [2.75, 3.05) is 7.11 Å². The maximum absolute atomic E-state index is 10.5. The third kappa shape index (κ3) is 2.57. The molecule has 7 heteroatoms. The summed E-state index contributed by atoms with van der Waals surface area (Å²) in [4.78, 5) is 10.5. The molecule has 0 aromatic rings. The van der Waals surface area contributed by atoms with Crippen molar-refractivity contribution in [2.45, 2.75) is 37.6 Å². The van der Waals surface area contributed by atoms with Gasteiger partial charge in [0.15, 0.2) is 12.4 Å². The molecular formula is C8H15NO6. The normalized spacial score (nSPS) is 41.2. The minimum atomic E-state index is -1.41. The van der Waals surface area contributed by atoms with Gasteiger partial charge in [-0.2, -0.15) is 0 Å². The Labute approximate surface area is 86.7 Å². The number of aliphatic hydroxyl groups is 2. The summed E-state index contributed by atoms with van der Waals surface area (Å²) < 4.78 is 14.5. The molecule has 0 aliphatic carbocycles. The van der Waals surface area contributed by atoms with Gasteiger partial charge in [0.1, 0.15) is 12.2 Å². The van der Waals surface area contributed by atoms with Crippen LogP contribution in [-0.4, -0.2) is 54.1 Å². The maximum atomic E-state index is 10.5. The smallest absolute Gasteiger partial charge is 0.405 e. The van der Waals surface area contributed by atoms with Crippen molar-refractivity contribution in [3.8, 4) is 0 Å². The van der Waals surface area contributed by atoms with Crippen LogP contribution in [0.3, 0.4) is 0 Å². The average molecular weight is 221 g/mol. The van der Waals surface area contributed by atoms with Gasteiger partial charge in [-0.3, -0.25) is 0 Å². The zero-order valence-electron chi connectivity index (χ0n) is 8.49. The van der Waals surface area contributed by atoms with Crippen LogP contribution in [0, 0.1) is 0 Å². The highest BCUT2D eigenvalue weighted by atomic mass is 16.7. The monoisotopic (exact) mass is 221 g/mol. The third-order valence-electron chi connectivity index (χ3n) is 2.30. The number of nitrogens with two attached hydrogens (primary N) is 1. The molecule has 0 bridgehead atoms. The van der Waals surface area contributed by atoms with E-state index in [1.807, 2.05) is 0 Å². The Balaban J connectivity index is 2.73. The number of hydrogen-bond acceptors (Lipinski definition) is 6. The van der Waals surface area contributed by atoms with Crippen LogP contribution in [-0.2, 0) is 14.2 Å². The molecule has 0 radical (unpaired) electrons. The van der Waals surface area contributed by atoms with E-state index in [0.717, 1.165) is 0 Å². The Hall–Kier alpha value is -0.890. The molecule has 1 amide bonds. The molecule has 7 nitrogen and oxygen atoms in total. The van der Waals surface area contributed by atoms with Gasteiger partial charge in [0.25, 0.3) is 0 Å². The number of amides is 1. The zero-order chi connectivity index (χ0) is 11.6. The SMILES string of the molecule is CO[C@H]1C(C)OC(O)C(OC(N)=O)C1O. The van der Waals surface area contributed by atoms with Crippen LogP contribution in [0.25, 0.3) is 0 Å². The average Bonchev–Trinajstić information content (AvgIpc) is 2.12. The van der Waals surface area contributed by atoms with Crippen molar-refractivity contribution in [1.82, 2.24) is 0 Å². The van der Waals surface area contributed by atoms with Crippen molar-refractivity contribution in [1.29, 1.82) is 0 Å². The fourth-order valence-electron chi connectivity index (χ4n) is 1.60. The van der Waals surface area contributed by atoms with Crippen LogP contribution in [0.15, 0.2) is 0 Å². The summed E-state index contributed by atoms with van der Waals surface area (Å²) in [5.74, 6) is 0. The van der Waals surface area contributed by atoms with Crippen LogP contribution in [0.5, 0.6) is 0 Å². The first kappa shape index (κ1) is 12.2. The Morgan fingerprint density at radius 2 is 2.00 bits per heavy atom. The molecule has 88 valence electrons. The number of rotatable bonds is 2. The minimum Gasteiger partial charge on any atom is -0.438 e. The molecule has 1 aliphatic heterocycles. The van der Waals surface area contributed by atoms with E-state index in [4.69, 9.17) is 15.2 Å². The lowest BCUT2D eigenvalue weighted by atomic mass is 10.00. The number of methoxy groups -OCH3 is 1. The molecule has 0 saturated carbocycles. The highest BCUT2D eigenvalue weighted by Crippen LogP contribution is 2.23. The lowest BCUT2D eigenvalue weighted by Crippen LogP contribution is -2.58. The van der Waals surface area contributed by atoms with Crippen molar-refractivity contribution in [3.05, 3.63) is 0 Å². The van der Waals surface area contributed by atoms with Gasteiger partial charge in [0.2, 0.25) is 0 Å². The Morgan fingerprint density at radius 1 is 1.40 bits per heavy atom. The summed E-state index contributed by atoms with van der Waals surface area (Å²) in [6.07, 6.45) is -6.10. The highest BCUT2D eigenvalue weighted by Gasteiger charge is 2.45. The van der Waals surface area contributed by atoms with Crippen LogP contribution >= 0.6 is 0 Å². The lowest BCUT2D eigenvalue weighted by molar-refractivity contribution is -0.280. The Kier molecular flexibility index (Phi) is 3.86. The van der Waals surface area contributed by atoms with Crippen molar-refractivity contribution in [3.63, 3.8) is 0 Å². The summed E-state index contributed by atoms with van der Waals surface area (Å²) in [6.45, 7) is 1.63. The first-order chi connectivity index (χ1) is 6.97. The third-order valence-corrected chi connectivity index (χ3v) is 2.30. The van der Waals surface area contributed by atoms with Crippen LogP contribution < -0.4 is 5.73 Å². The second kappa shape index (κ2) is 4.75. The first-order valence-electron chi connectivity index (χ1n) is 4.48. The van der Waals surface area contributed by atoms with Crippen molar-refractivity contribution in [2.24, 2.45) is 5.73 Å². The minimum absolute atomic E-state index is 0.507.